The first-order valence-electron chi connectivity index (χ1n) is 17.9. The van der Waals surface area contributed by atoms with Crippen LogP contribution in [-0.4, -0.2) is 120 Å². The summed E-state index contributed by atoms with van der Waals surface area (Å²) in [4.78, 5) is 50.6. The van der Waals surface area contributed by atoms with E-state index in [0.717, 1.165) is 27.9 Å². The van der Waals surface area contributed by atoms with Crippen LogP contribution in [0.15, 0.2) is 48.5 Å². The molecule has 0 saturated carbocycles. The van der Waals surface area contributed by atoms with Gasteiger partial charge in [-0.15, -0.1) is 15.0 Å². The summed E-state index contributed by atoms with van der Waals surface area (Å²) in [6, 6.07) is 14.2. The summed E-state index contributed by atoms with van der Waals surface area (Å²) in [6.07, 6.45) is 0.699. The van der Waals surface area contributed by atoms with Crippen molar-refractivity contribution in [1.29, 1.82) is 0 Å². The lowest BCUT2D eigenvalue weighted by Gasteiger charge is -2.33. The monoisotopic (exact) mass is 777 g/mol. The number of ether oxygens (including phenoxy) is 4. The van der Waals surface area contributed by atoms with Crippen molar-refractivity contribution in [2.24, 2.45) is 5.92 Å². The zero-order valence-electron chi connectivity index (χ0n) is 31.4. The van der Waals surface area contributed by atoms with Gasteiger partial charge in [0.15, 0.2) is 0 Å². The van der Waals surface area contributed by atoms with E-state index in [9.17, 15) is 14.4 Å². The predicted molar refractivity (Wildman–Crippen MR) is 188 cm³/mol. The van der Waals surface area contributed by atoms with Crippen molar-refractivity contribution >= 4 is 18.0 Å². The average Bonchev–Trinajstić information content (AvgIpc) is 3.65. The van der Waals surface area contributed by atoms with Crippen LogP contribution in [0.1, 0.15) is 71.6 Å². The molecule has 1 amide bonds. The fourth-order valence-corrected chi connectivity index (χ4v) is 5.27. The van der Waals surface area contributed by atoms with Gasteiger partial charge in [0.1, 0.15) is 12.6 Å². The topological polar surface area (TPSA) is 241 Å². The molecule has 4 N–H and O–H groups in total. The Hall–Kier alpha value is -4.64. The summed E-state index contributed by atoms with van der Waals surface area (Å²) in [7, 11) is 0. The van der Waals surface area contributed by atoms with Crippen molar-refractivity contribution in [2.45, 2.75) is 78.6 Å². The third-order valence-corrected chi connectivity index (χ3v) is 7.95. The fourth-order valence-electron chi connectivity index (χ4n) is 5.27. The molecule has 1 unspecified atom stereocenters. The number of amides is 1. The first-order chi connectivity index (χ1) is 26.4. The van der Waals surface area contributed by atoms with Crippen LogP contribution in [0.25, 0.3) is 22.5 Å². The zero-order chi connectivity index (χ0) is 40.2. The van der Waals surface area contributed by atoms with E-state index in [1.165, 1.54) is 0 Å². The minimum atomic E-state index is -0.979. The molecule has 0 spiro atoms. The molecular formula is C35H51N7O13. The quantitative estimate of drug-likeness (QED) is 0.0522. The van der Waals surface area contributed by atoms with Gasteiger partial charge < -0.3 is 23.8 Å². The normalized spacial score (nSPS) is 12.6. The maximum atomic E-state index is 13.5. The maximum absolute atomic E-state index is 13.5. The number of esters is 1. The van der Waals surface area contributed by atoms with E-state index in [2.05, 4.69) is 25.1 Å². The van der Waals surface area contributed by atoms with E-state index in [4.69, 9.17) is 39.8 Å². The van der Waals surface area contributed by atoms with Gasteiger partial charge in [-0.2, -0.15) is 0 Å². The molecular weight excluding hydrogens is 726 g/mol. The summed E-state index contributed by atoms with van der Waals surface area (Å²) in [5.74, 6) is -0.611. The van der Waals surface area contributed by atoms with Gasteiger partial charge in [0.25, 0.3) is 0 Å². The summed E-state index contributed by atoms with van der Waals surface area (Å²) in [5, 5.41) is 46.1. The lowest BCUT2D eigenvalue weighted by Crippen LogP contribution is -2.48. The third kappa shape index (κ3) is 15.6. The Balaban J connectivity index is 1.67. The predicted octanol–water partition coefficient (Wildman–Crippen LogP) is 4.59. The Morgan fingerprint density at radius 1 is 0.782 bits per heavy atom. The van der Waals surface area contributed by atoms with Gasteiger partial charge in [0, 0.05) is 18.5 Å². The smallest absolute Gasteiger partial charge is 0.464 e. The summed E-state index contributed by atoms with van der Waals surface area (Å²) < 4.78 is 20.9. The molecule has 3 aromatic rings. The standard InChI is InChI=1S/C35H51N7O13/c1-5-6-13-31(43)39(32(25(2)3)34(44)51-18-9-10-19-53-41(46)47)24-27-14-16-28(17-15-27)29-11-7-8-12-30(29)33-36-38-40(37-33)26(4)55-35(45)52-22-20-50-21-23-54-42(48)49/h7-8,11-12,14-17,25-26,32,46-49H,5-6,9-10,13,18-24H2,1-4H3/t26?,32-/m0/s1. The van der Waals surface area contributed by atoms with Crippen LogP contribution in [0.2, 0.25) is 0 Å². The van der Waals surface area contributed by atoms with E-state index in [0.29, 0.717) is 24.8 Å². The minimum Gasteiger partial charge on any atom is -0.464 e. The number of carbonyl (C=O) groups is 3. The Morgan fingerprint density at radius 2 is 1.44 bits per heavy atom. The lowest BCUT2D eigenvalue weighted by molar-refractivity contribution is -0.493. The second kappa shape index (κ2) is 24.0. The van der Waals surface area contributed by atoms with E-state index < -0.39 is 29.8 Å². The number of carbonyl (C=O) groups excluding carboxylic acids is 3. The van der Waals surface area contributed by atoms with E-state index in [1.807, 2.05) is 69.3 Å². The van der Waals surface area contributed by atoms with Gasteiger partial charge in [-0.25, -0.2) is 14.4 Å². The molecule has 0 fully saturated rings. The molecule has 20 nitrogen and oxygen atoms in total. The van der Waals surface area contributed by atoms with Crippen molar-refractivity contribution in [1.82, 2.24) is 35.9 Å². The van der Waals surface area contributed by atoms with Crippen LogP contribution < -0.4 is 0 Å². The molecule has 2 atom stereocenters. The van der Waals surface area contributed by atoms with Crippen molar-refractivity contribution in [3.63, 3.8) is 0 Å². The van der Waals surface area contributed by atoms with Gasteiger partial charge >= 0.3 is 12.1 Å². The first-order valence-corrected chi connectivity index (χ1v) is 17.9. The van der Waals surface area contributed by atoms with E-state index in [1.54, 1.807) is 11.8 Å². The second-order valence-corrected chi connectivity index (χ2v) is 12.5. The molecule has 0 aliphatic carbocycles. The second-order valence-electron chi connectivity index (χ2n) is 12.5. The molecule has 0 aliphatic rings. The number of aromatic nitrogens is 4. The average molecular weight is 778 g/mol. The summed E-state index contributed by atoms with van der Waals surface area (Å²) >= 11 is 0. The van der Waals surface area contributed by atoms with Crippen molar-refractivity contribution < 1.29 is 63.8 Å². The highest BCUT2D eigenvalue weighted by molar-refractivity contribution is 5.85. The molecule has 0 aliphatic heterocycles. The van der Waals surface area contributed by atoms with Gasteiger partial charge in [-0.1, -0.05) is 75.7 Å². The maximum Gasteiger partial charge on any atom is 0.510 e. The molecule has 1 heterocycles. The Labute approximate surface area is 318 Å². The van der Waals surface area contributed by atoms with Crippen LogP contribution in [0, 0.1) is 5.92 Å². The molecule has 20 heteroatoms. The number of rotatable bonds is 25. The Kier molecular flexibility index (Phi) is 19.5. The number of nitrogens with zero attached hydrogens (tertiary/aromatic N) is 7. The molecule has 0 bridgehead atoms. The first kappa shape index (κ1) is 44.8. The molecule has 1 aromatic heterocycles. The molecule has 304 valence electrons. The Morgan fingerprint density at radius 3 is 2.11 bits per heavy atom. The number of unbranched alkanes of at least 4 members (excludes halogenated alkanes) is 2. The van der Waals surface area contributed by atoms with Crippen LogP contribution in [0.3, 0.4) is 0 Å². The van der Waals surface area contributed by atoms with Crippen LogP contribution in [0.5, 0.6) is 0 Å². The fraction of sp³-hybridized carbons (Fsp3) is 0.543. The Bertz CT molecular complexity index is 1590. The highest BCUT2D eigenvalue weighted by atomic mass is 17.1. The minimum absolute atomic E-state index is 0.0210. The van der Waals surface area contributed by atoms with Crippen LogP contribution in [0.4, 0.5) is 4.79 Å². The van der Waals surface area contributed by atoms with Gasteiger partial charge in [-0.3, -0.25) is 30.5 Å². The molecule has 55 heavy (non-hydrogen) atoms. The highest BCUT2D eigenvalue weighted by Crippen LogP contribution is 2.31. The van der Waals surface area contributed by atoms with Gasteiger partial charge in [0.2, 0.25) is 18.0 Å². The van der Waals surface area contributed by atoms with Crippen molar-refractivity contribution in [3.05, 3.63) is 54.1 Å². The van der Waals surface area contributed by atoms with E-state index in [-0.39, 0.29) is 75.6 Å². The molecule has 3 rings (SSSR count). The number of hydrogen-bond acceptors (Lipinski definition) is 18. The number of benzene rings is 2. The van der Waals surface area contributed by atoms with Crippen molar-refractivity contribution in [2.75, 3.05) is 39.6 Å². The zero-order valence-corrected chi connectivity index (χ0v) is 31.4. The third-order valence-electron chi connectivity index (χ3n) is 7.95. The highest BCUT2D eigenvalue weighted by Gasteiger charge is 2.33. The molecule has 0 saturated heterocycles. The summed E-state index contributed by atoms with van der Waals surface area (Å²) in [5.41, 5.74) is 3.11. The molecule has 0 radical (unpaired) electrons. The number of hydrogen-bond donors (Lipinski definition) is 4. The number of tetrazole rings is 1. The lowest BCUT2D eigenvalue weighted by atomic mass is 9.97. The molecule has 2 aromatic carbocycles. The van der Waals surface area contributed by atoms with Crippen LogP contribution >= 0.6 is 0 Å². The van der Waals surface area contributed by atoms with E-state index >= 15 is 0 Å². The summed E-state index contributed by atoms with van der Waals surface area (Å²) in [6.45, 7) is 7.37. The largest absolute Gasteiger partial charge is 0.510 e. The van der Waals surface area contributed by atoms with Gasteiger partial charge in [-0.05, 0) is 54.0 Å². The van der Waals surface area contributed by atoms with Gasteiger partial charge in [0.05, 0.1) is 43.8 Å². The van der Waals surface area contributed by atoms with Crippen molar-refractivity contribution in [3.8, 4) is 22.5 Å². The van der Waals surface area contributed by atoms with Crippen LogP contribution in [-0.2, 0) is 44.8 Å². The SMILES string of the molecule is CCCCC(=O)N(Cc1ccc(-c2ccccc2-c2nnn(C(C)OC(=O)OCCOCCON(O)O)n2)cc1)[C@H](C(=O)OCCCCON(O)O)C(C)C.